The zero-order chi connectivity index (χ0) is 23.1. The summed E-state index contributed by atoms with van der Waals surface area (Å²) >= 11 is 0. The third-order valence-electron chi connectivity index (χ3n) is 5.52. The lowest BCUT2D eigenvalue weighted by Crippen LogP contribution is -2.44. The Hall–Kier alpha value is -2.69. The summed E-state index contributed by atoms with van der Waals surface area (Å²) in [5, 5.41) is 6.87. The van der Waals surface area contributed by atoms with Gasteiger partial charge in [-0.1, -0.05) is 12.1 Å². The Labute approximate surface area is 213 Å². The summed E-state index contributed by atoms with van der Waals surface area (Å²) in [6.07, 6.45) is 1.00. The van der Waals surface area contributed by atoms with Crippen molar-refractivity contribution >= 4 is 41.5 Å². The molecule has 0 bridgehead atoms. The predicted molar refractivity (Wildman–Crippen MR) is 143 cm³/mol. The fourth-order valence-electron chi connectivity index (χ4n) is 3.68. The predicted octanol–water partition coefficient (Wildman–Crippen LogP) is 2.97. The summed E-state index contributed by atoms with van der Waals surface area (Å²) in [4.78, 5) is 20.3. The number of nitrogens with one attached hydrogen (secondary N) is 2. The SMILES string of the molecule is CN=C(NCc1ccc(C(=O)N(C)C)cc1)NC1CCN(c2cc(OC)cc(OC)c2)C1.I. The second-order valence-corrected chi connectivity index (χ2v) is 7.97. The van der Waals surface area contributed by atoms with Gasteiger partial charge in [0.1, 0.15) is 11.5 Å². The first kappa shape index (κ1) is 26.6. The number of nitrogens with zero attached hydrogens (tertiary/aromatic N) is 3. The van der Waals surface area contributed by atoms with E-state index in [1.165, 1.54) is 0 Å². The maximum absolute atomic E-state index is 12.0. The first-order valence-electron chi connectivity index (χ1n) is 10.7. The van der Waals surface area contributed by atoms with Gasteiger partial charge in [-0.05, 0) is 24.1 Å². The van der Waals surface area contributed by atoms with Crippen LogP contribution < -0.4 is 25.0 Å². The minimum absolute atomic E-state index is 0. The molecule has 2 aromatic carbocycles. The summed E-state index contributed by atoms with van der Waals surface area (Å²) in [5.74, 6) is 2.33. The van der Waals surface area contributed by atoms with Gasteiger partial charge in [0, 0.05) is 76.3 Å². The maximum Gasteiger partial charge on any atom is 0.253 e. The van der Waals surface area contributed by atoms with Crippen molar-refractivity contribution in [1.29, 1.82) is 0 Å². The van der Waals surface area contributed by atoms with Gasteiger partial charge in [0.05, 0.1) is 14.2 Å². The molecule has 0 saturated carbocycles. The van der Waals surface area contributed by atoms with Crippen LogP contribution in [0.4, 0.5) is 5.69 Å². The molecule has 1 heterocycles. The molecule has 180 valence electrons. The Morgan fingerprint density at radius 1 is 1.12 bits per heavy atom. The van der Waals surface area contributed by atoms with Crippen molar-refractivity contribution in [3.05, 3.63) is 53.6 Å². The van der Waals surface area contributed by atoms with Gasteiger partial charge in [0.25, 0.3) is 5.91 Å². The topological polar surface area (TPSA) is 78.4 Å². The highest BCUT2D eigenvalue weighted by molar-refractivity contribution is 14.0. The van der Waals surface area contributed by atoms with Crippen LogP contribution in [-0.2, 0) is 6.54 Å². The molecule has 3 rings (SSSR count). The van der Waals surface area contributed by atoms with E-state index >= 15 is 0 Å². The number of amides is 1. The Morgan fingerprint density at radius 3 is 2.30 bits per heavy atom. The third-order valence-corrected chi connectivity index (χ3v) is 5.52. The average molecular weight is 567 g/mol. The van der Waals surface area contributed by atoms with Crippen LogP contribution in [0.1, 0.15) is 22.3 Å². The van der Waals surface area contributed by atoms with Crippen LogP contribution in [0.15, 0.2) is 47.5 Å². The van der Waals surface area contributed by atoms with Crippen LogP contribution in [0.25, 0.3) is 0 Å². The second kappa shape index (κ2) is 12.5. The first-order chi connectivity index (χ1) is 15.4. The molecule has 1 unspecified atom stereocenters. The number of benzene rings is 2. The number of anilines is 1. The summed E-state index contributed by atoms with van der Waals surface area (Å²) in [6.45, 7) is 2.42. The number of rotatable bonds is 7. The molecular formula is C24H34IN5O3. The number of carbonyl (C=O) groups excluding carboxylic acids is 1. The van der Waals surface area contributed by atoms with Gasteiger partial charge < -0.3 is 29.9 Å². The van der Waals surface area contributed by atoms with Gasteiger partial charge in [-0.2, -0.15) is 0 Å². The first-order valence-corrected chi connectivity index (χ1v) is 10.7. The highest BCUT2D eigenvalue weighted by Crippen LogP contribution is 2.30. The highest BCUT2D eigenvalue weighted by atomic mass is 127. The number of carbonyl (C=O) groups is 1. The van der Waals surface area contributed by atoms with Crippen LogP contribution >= 0.6 is 24.0 Å². The smallest absolute Gasteiger partial charge is 0.253 e. The zero-order valence-corrected chi connectivity index (χ0v) is 22.3. The molecule has 1 fully saturated rings. The molecule has 9 heteroatoms. The van der Waals surface area contributed by atoms with E-state index in [0.29, 0.717) is 12.1 Å². The lowest BCUT2D eigenvalue weighted by atomic mass is 10.1. The van der Waals surface area contributed by atoms with E-state index in [0.717, 1.165) is 48.2 Å². The number of guanidine groups is 1. The number of hydrogen-bond acceptors (Lipinski definition) is 5. The molecule has 1 saturated heterocycles. The largest absolute Gasteiger partial charge is 0.497 e. The fraction of sp³-hybridized carbons (Fsp3) is 0.417. The van der Waals surface area contributed by atoms with E-state index in [1.54, 1.807) is 40.3 Å². The van der Waals surface area contributed by atoms with E-state index in [-0.39, 0.29) is 35.9 Å². The summed E-state index contributed by atoms with van der Waals surface area (Å²) in [6, 6.07) is 13.8. The zero-order valence-electron chi connectivity index (χ0n) is 19.9. The van der Waals surface area contributed by atoms with Gasteiger partial charge in [-0.25, -0.2) is 0 Å². The standard InChI is InChI=1S/C24H33N5O3.HI/c1-25-24(26-15-17-6-8-18(9-7-17)23(30)28(2)3)27-19-10-11-29(16-19)20-12-21(31-4)14-22(13-20)32-5;/h6-9,12-14,19H,10-11,15-16H2,1-5H3,(H2,25,26,27);1H. The average Bonchev–Trinajstić information content (AvgIpc) is 3.29. The number of methoxy groups -OCH3 is 2. The molecule has 2 N–H and O–H groups in total. The highest BCUT2D eigenvalue weighted by Gasteiger charge is 2.24. The molecular weight excluding hydrogens is 533 g/mol. The van der Waals surface area contributed by atoms with Gasteiger partial charge >= 0.3 is 0 Å². The summed E-state index contributed by atoms with van der Waals surface area (Å²) in [5.41, 5.74) is 2.85. The lowest BCUT2D eigenvalue weighted by Gasteiger charge is -2.21. The number of halogens is 1. The molecule has 1 aliphatic rings. The van der Waals surface area contributed by atoms with E-state index in [4.69, 9.17) is 9.47 Å². The number of aliphatic imine (C=N–C) groups is 1. The Balaban J connectivity index is 0.00000385. The van der Waals surface area contributed by atoms with Crippen molar-refractivity contribution in [3.63, 3.8) is 0 Å². The normalized spacial score (nSPS) is 15.5. The minimum atomic E-state index is 0. The van der Waals surface area contributed by atoms with Crippen molar-refractivity contribution in [2.24, 2.45) is 4.99 Å². The summed E-state index contributed by atoms with van der Waals surface area (Å²) in [7, 11) is 8.60. The van der Waals surface area contributed by atoms with Crippen LogP contribution in [0.2, 0.25) is 0 Å². The molecule has 1 amide bonds. The van der Waals surface area contributed by atoms with Crippen LogP contribution in [-0.4, -0.2) is 71.3 Å². The van der Waals surface area contributed by atoms with Crippen molar-refractivity contribution in [2.45, 2.75) is 19.0 Å². The molecule has 1 aliphatic heterocycles. The molecule has 0 radical (unpaired) electrons. The van der Waals surface area contributed by atoms with E-state index in [1.807, 2.05) is 42.5 Å². The molecule has 8 nitrogen and oxygen atoms in total. The van der Waals surface area contributed by atoms with Crippen LogP contribution in [0, 0.1) is 0 Å². The molecule has 0 spiro atoms. The van der Waals surface area contributed by atoms with Gasteiger partial charge in [0.2, 0.25) is 0 Å². The third kappa shape index (κ3) is 7.15. The molecule has 0 aromatic heterocycles. The van der Waals surface area contributed by atoms with Crippen molar-refractivity contribution in [2.75, 3.05) is 53.4 Å². The minimum Gasteiger partial charge on any atom is -0.497 e. The van der Waals surface area contributed by atoms with Gasteiger partial charge in [-0.3, -0.25) is 9.79 Å². The van der Waals surface area contributed by atoms with Crippen LogP contribution in [0.3, 0.4) is 0 Å². The maximum atomic E-state index is 12.0. The van der Waals surface area contributed by atoms with E-state index < -0.39 is 0 Å². The number of hydrogen-bond donors (Lipinski definition) is 2. The van der Waals surface area contributed by atoms with Crippen molar-refractivity contribution in [3.8, 4) is 11.5 Å². The Bertz CT molecular complexity index is 927. The Kier molecular flexibility index (Phi) is 10.1. The Morgan fingerprint density at radius 2 is 1.76 bits per heavy atom. The van der Waals surface area contributed by atoms with Gasteiger partial charge in [-0.15, -0.1) is 24.0 Å². The lowest BCUT2D eigenvalue weighted by molar-refractivity contribution is 0.0827. The second-order valence-electron chi connectivity index (χ2n) is 7.97. The quantitative estimate of drug-likeness (QED) is 0.305. The molecule has 2 aromatic rings. The number of ether oxygens (including phenoxy) is 2. The summed E-state index contributed by atoms with van der Waals surface area (Å²) < 4.78 is 10.8. The molecule has 0 aliphatic carbocycles. The fourth-order valence-corrected chi connectivity index (χ4v) is 3.68. The molecule has 33 heavy (non-hydrogen) atoms. The van der Waals surface area contributed by atoms with Gasteiger partial charge in [0.15, 0.2) is 5.96 Å². The van der Waals surface area contributed by atoms with E-state index in [2.05, 4.69) is 20.5 Å². The van der Waals surface area contributed by atoms with Crippen LogP contribution in [0.5, 0.6) is 11.5 Å². The van der Waals surface area contributed by atoms with Crippen molar-refractivity contribution < 1.29 is 14.3 Å². The van der Waals surface area contributed by atoms with E-state index in [9.17, 15) is 4.79 Å². The van der Waals surface area contributed by atoms with Crippen molar-refractivity contribution in [1.82, 2.24) is 15.5 Å². The molecule has 1 atom stereocenters. The monoisotopic (exact) mass is 567 g/mol.